The number of nitrogens with zero attached hydrogens (tertiary/aromatic N) is 1. The number of aromatic nitrogens is 1. The molecule has 0 aliphatic carbocycles. The van der Waals surface area contributed by atoms with Gasteiger partial charge >= 0.3 is 0 Å². The van der Waals surface area contributed by atoms with Gasteiger partial charge in [0.05, 0.1) is 0 Å². The maximum Gasteiger partial charge on any atom is 0.214 e. The van der Waals surface area contributed by atoms with Crippen molar-refractivity contribution < 1.29 is 4.39 Å². The first kappa shape index (κ1) is 5.51. The van der Waals surface area contributed by atoms with E-state index in [0.717, 1.165) is 0 Å². The summed E-state index contributed by atoms with van der Waals surface area (Å²) in [5.41, 5.74) is 0. The Morgan fingerprint density at radius 1 is 1.75 bits per heavy atom. The Bertz CT molecular complexity index is 172. The van der Waals surface area contributed by atoms with Crippen LogP contribution in [0.4, 0.5) is 4.39 Å². The number of hydrogen-bond acceptors (Lipinski definition) is 1. The van der Waals surface area contributed by atoms with Crippen molar-refractivity contribution in [1.82, 2.24) is 4.98 Å². The first-order valence-corrected chi connectivity index (χ1v) is 2.36. The van der Waals surface area contributed by atoms with E-state index in [4.69, 9.17) is 11.6 Å². The van der Waals surface area contributed by atoms with E-state index in [0.29, 0.717) is 0 Å². The third-order valence-electron chi connectivity index (χ3n) is 0.628. The second kappa shape index (κ2) is 2.09. The molecule has 3 heteroatoms. The van der Waals surface area contributed by atoms with Crippen molar-refractivity contribution in [3.8, 4) is 0 Å². The summed E-state index contributed by atoms with van der Waals surface area (Å²) in [5.74, 6) is -0.575. The van der Waals surface area contributed by atoms with E-state index in [-0.39, 0.29) is 5.15 Å². The Morgan fingerprint density at radius 2 is 2.50 bits per heavy atom. The van der Waals surface area contributed by atoms with Gasteiger partial charge in [0.2, 0.25) is 5.95 Å². The van der Waals surface area contributed by atoms with Gasteiger partial charge in [-0.05, 0) is 12.1 Å². The first-order chi connectivity index (χ1) is 3.79. The molecule has 0 spiro atoms. The summed E-state index contributed by atoms with van der Waals surface area (Å²) in [6, 6.07) is 5.05. The van der Waals surface area contributed by atoms with Crippen LogP contribution in [-0.2, 0) is 0 Å². The molecule has 0 amide bonds. The zero-order valence-corrected chi connectivity index (χ0v) is 4.61. The van der Waals surface area contributed by atoms with Crippen molar-refractivity contribution in [1.29, 1.82) is 0 Å². The minimum Gasteiger partial charge on any atom is -0.207 e. The Labute approximate surface area is 51.1 Å². The number of hydrogen-bond donors (Lipinski definition) is 0. The normalized spacial score (nSPS) is 9.25. The van der Waals surface area contributed by atoms with E-state index in [9.17, 15) is 4.39 Å². The molecule has 0 saturated heterocycles. The standard InChI is InChI=1S/C5H2ClFN/c6-4-2-1-3-5(7)8-4/h1,3H. The van der Waals surface area contributed by atoms with Crippen LogP contribution in [-0.4, -0.2) is 4.98 Å². The van der Waals surface area contributed by atoms with E-state index in [1.165, 1.54) is 12.1 Å². The Morgan fingerprint density at radius 3 is 2.88 bits per heavy atom. The predicted molar refractivity (Wildman–Crippen MR) is 28.0 cm³/mol. The van der Waals surface area contributed by atoms with Crippen LogP contribution < -0.4 is 0 Å². The van der Waals surface area contributed by atoms with E-state index >= 15 is 0 Å². The van der Waals surface area contributed by atoms with Crippen LogP contribution in [0.1, 0.15) is 0 Å². The molecule has 0 bridgehead atoms. The molecule has 1 heterocycles. The minimum atomic E-state index is -0.575. The fourth-order valence-electron chi connectivity index (χ4n) is 0.343. The van der Waals surface area contributed by atoms with E-state index in [1.54, 1.807) is 0 Å². The van der Waals surface area contributed by atoms with Crippen molar-refractivity contribution >= 4 is 11.6 Å². The van der Waals surface area contributed by atoms with Crippen molar-refractivity contribution in [3.63, 3.8) is 0 Å². The van der Waals surface area contributed by atoms with E-state index in [2.05, 4.69) is 11.1 Å². The van der Waals surface area contributed by atoms with Gasteiger partial charge in [-0.1, -0.05) is 11.6 Å². The smallest absolute Gasteiger partial charge is 0.207 e. The first-order valence-electron chi connectivity index (χ1n) is 1.99. The van der Waals surface area contributed by atoms with Crippen LogP contribution in [0.2, 0.25) is 5.15 Å². The summed E-state index contributed by atoms with van der Waals surface area (Å²) in [6.07, 6.45) is 0. The zero-order valence-electron chi connectivity index (χ0n) is 3.86. The summed E-state index contributed by atoms with van der Waals surface area (Å²) in [5, 5.41) is 0.0602. The van der Waals surface area contributed by atoms with E-state index in [1.807, 2.05) is 0 Å². The van der Waals surface area contributed by atoms with Gasteiger partial charge in [-0.25, -0.2) is 4.98 Å². The highest BCUT2D eigenvalue weighted by Crippen LogP contribution is 2.01. The predicted octanol–water partition coefficient (Wildman–Crippen LogP) is 1.67. The minimum absolute atomic E-state index is 0.0602. The van der Waals surface area contributed by atoms with Gasteiger partial charge in [0.15, 0.2) is 0 Å². The van der Waals surface area contributed by atoms with Crippen molar-refractivity contribution in [2.75, 3.05) is 0 Å². The lowest BCUT2D eigenvalue weighted by molar-refractivity contribution is 0.584. The molecule has 1 rings (SSSR count). The monoisotopic (exact) mass is 130 g/mol. The number of rotatable bonds is 0. The highest BCUT2D eigenvalue weighted by atomic mass is 35.5. The Balaban J connectivity index is 3.08. The summed E-state index contributed by atoms with van der Waals surface area (Å²) in [6.45, 7) is 0. The molecule has 0 aliphatic rings. The lowest BCUT2D eigenvalue weighted by atomic mass is 10.5. The van der Waals surface area contributed by atoms with E-state index < -0.39 is 5.95 Å². The average Bonchev–Trinajstić information content (AvgIpc) is 1.64. The van der Waals surface area contributed by atoms with Gasteiger partial charge in [0.25, 0.3) is 0 Å². The Hall–Kier alpha value is -0.630. The van der Waals surface area contributed by atoms with Gasteiger partial charge < -0.3 is 0 Å². The van der Waals surface area contributed by atoms with Gasteiger partial charge in [-0.3, -0.25) is 0 Å². The fourth-order valence-corrected chi connectivity index (χ4v) is 0.486. The SMILES string of the molecule is Fc1cc[c]c(Cl)n1. The molecule has 0 atom stereocenters. The fraction of sp³-hybridized carbons (Fsp3) is 0. The summed E-state index contributed by atoms with van der Waals surface area (Å²) < 4.78 is 12.0. The second-order valence-corrected chi connectivity index (χ2v) is 1.56. The maximum absolute atomic E-state index is 12.0. The quantitative estimate of drug-likeness (QED) is 0.487. The number of pyridine rings is 1. The molecule has 0 unspecified atom stereocenters. The van der Waals surface area contributed by atoms with Crippen LogP contribution in [0.3, 0.4) is 0 Å². The molecule has 41 valence electrons. The maximum atomic E-state index is 12.0. The van der Waals surface area contributed by atoms with Gasteiger partial charge in [0, 0.05) is 6.07 Å². The zero-order chi connectivity index (χ0) is 5.98. The second-order valence-electron chi connectivity index (χ2n) is 1.20. The highest BCUT2D eigenvalue weighted by Gasteiger charge is 1.88. The topological polar surface area (TPSA) is 12.9 Å². The molecule has 1 aromatic rings. The van der Waals surface area contributed by atoms with Crippen molar-refractivity contribution in [2.24, 2.45) is 0 Å². The summed E-state index contributed by atoms with van der Waals surface area (Å²) in [7, 11) is 0. The molecular formula is C5H2ClFN. The van der Waals surface area contributed by atoms with Crippen molar-refractivity contribution in [2.45, 2.75) is 0 Å². The van der Waals surface area contributed by atoms with Crippen molar-refractivity contribution in [3.05, 3.63) is 29.3 Å². The van der Waals surface area contributed by atoms with Gasteiger partial charge in [-0.15, -0.1) is 0 Å². The average molecular weight is 131 g/mol. The molecule has 0 saturated carbocycles. The largest absolute Gasteiger partial charge is 0.214 e. The molecule has 0 aromatic carbocycles. The summed E-state index contributed by atoms with van der Waals surface area (Å²) in [4.78, 5) is 3.22. The van der Waals surface area contributed by atoms with Gasteiger partial charge in [-0.2, -0.15) is 4.39 Å². The van der Waals surface area contributed by atoms with Crippen LogP contribution in [0.5, 0.6) is 0 Å². The lowest BCUT2D eigenvalue weighted by Crippen LogP contribution is -1.78. The van der Waals surface area contributed by atoms with Crippen LogP contribution in [0.25, 0.3) is 0 Å². The van der Waals surface area contributed by atoms with Crippen LogP contribution >= 0.6 is 11.6 Å². The molecule has 1 nitrogen and oxygen atoms in total. The van der Waals surface area contributed by atoms with Crippen LogP contribution in [0, 0.1) is 12.0 Å². The molecule has 0 fully saturated rings. The third kappa shape index (κ3) is 1.17. The molecule has 0 N–H and O–H groups in total. The third-order valence-corrected chi connectivity index (χ3v) is 0.822. The molecule has 1 radical (unpaired) electrons. The molecule has 1 aromatic heterocycles. The molecular weight excluding hydrogens is 129 g/mol. The summed E-state index contributed by atoms with van der Waals surface area (Å²) >= 11 is 5.24. The highest BCUT2D eigenvalue weighted by molar-refractivity contribution is 6.29. The Kier molecular flexibility index (Phi) is 1.44. The lowest BCUT2D eigenvalue weighted by Gasteiger charge is -1.83. The number of halogens is 2. The van der Waals surface area contributed by atoms with Crippen LogP contribution in [0.15, 0.2) is 12.1 Å². The molecule has 0 aliphatic heterocycles. The van der Waals surface area contributed by atoms with Gasteiger partial charge in [0.1, 0.15) is 5.15 Å². The molecule has 8 heavy (non-hydrogen) atoms.